The van der Waals surface area contributed by atoms with Gasteiger partial charge < -0.3 is 10.2 Å². The highest BCUT2D eigenvalue weighted by atomic mass is 16.2. The van der Waals surface area contributed by atoms with Crippen LogP contribution in [0.25, 0.3) is 0 Å². The van der Waals surface area contributed by atoms with E-state index in [9.17, 15) is 9.59 Å². The molecule has 2 amide bonds. The Hall–Kier alpha value is -1.06. The van der Waals surface area contributed by atoms with Gasteiger partial charge in [0.1, 0.15) is 6.04 Å². The molecule has 1 saturated heterocycles. The van der Waals surface area contributed by atoms with Crippen LogP contribution < -0.4 is 5.32 Å². The van der Waals surface area contributed by atoms with E-state index in [4.69, 9.17) is 0 Å². The zero-order chi connectivity index (χ0) is 15.0. The van der Waals surface area contributed by atoms with E-state index in [1.165, 1.54) is 32.1 Å². The Bertz CT molecular complexity index is 392. The van der Waals surface area contributed by atoms with Gasteiger partial charge in [-0.05, 0) is 23.7 Å². The molecule has 1 N–H and O–H groups in total. The summed E-state index contributed by atoms with van der Waals surface area (Å²) in [5.74, 6) is 0.0628. The van der Waals surface area contributed by atoms with Gasteiger partial charge in [-0.2, -0.15) is 0 Å². The summed E-state index contributed by atoms with van der Waals surface area (Å²) in [5.41, 5.74) is -0.0488. The summed E-state index contributed by atoms with van der Waals surface area (Å²) >= 11 is 0. The third kappa shape index (κ3) is 3.33. The summed E-state index contributed by atoms with van der Waals surface area (Å²) in [7, 11) is 0. The fraction of sp³-hybridized carbons (Fsp3) is 0.875. The molecule has 0 spiro atoms. The normalized spacial score (nSPS) is 27.4. The Balaban J connectivity index is 2.10. The third-order valence-corrected chi connectivity index (χ3v) is 4.70. The van der Waals surface area contributed by atoms with Crippen molar-refractivity contribution >= 4 is 11.8 Å². The second-order valence-corrected chi connectivity index (χ2v) is 7.93. The van der Waals surface area contributed by atoms with Crippen LogP contribution in [-0.4, -0.2) is 35.8 Å². The lowest BCUT2D eigenvalue weighted by molar-refractivity contribution is -0.149. The highest BCUT2D eigenvalue weighted by Crippen LogP contribution is 2.37. The second kappa shape index (κ2) is 5.38. The second-order valence-electron chi connectivity index (χ2n) is 7.93. The van der Waals surface area contributed by atoms with Crippen LogP contribution >= 0.6 is 0 Å². The lowest BCUT2D eigenvalue weighted by atomic mass is 9.75. The van der Waals surface area contributed by atoms with Gasteiger partial charge in [0.2, 0.25) is 11.8 Å². The molecule has 1 aliphatic carbocycles. The van der Waals surface area contributed by atoms with Gasteiger partial charge >= 0.3 is 0 Å². The van der Waals surface area contributed by atoms with E-state index in [-0.39, 0.29) is 29.2 Å². The number of carbonyl (C=O) groups excluding carboxylic acids is 2. The zero-order valence-corrected chi connectivity index (χ0v) is 13.3. The Morgan fingerprint density at radius 2 is 1.80 bits per heavy atom. The number of piperazine rings is 1. The van der Waals surface area contributed by atoms with Crippen molar-refractivity contribution in [2.75, 3.05) is 13.1 Å². The van der Waals surface area contributed by atoms with E-state index in [2.05, 4.69) is 12.2 Å². The quantitative estimate of drug-likeness (QED) is 0.844. The molecule has 1 saturated carbocycles. The van der Waals surface area contributed by atoms with E-state index in [0.717, 1.165) is 6.54 Å². The predicted molar refractivity (Wildman–Crippen MR) is 79.2 cm³/mol. The smallest absolute Gasteiger partial charge is 0.246 e. The number of amides is 2. The molecule has 1 unspecified atom stereocenters. The molecule has 4 nitrogen and oxygen atoms in total. The predicted octanol–water partition coefficient (Wildman–Crippen LogP) is 2.33. The molecule has 4 heteroatoms. The van der Waals surface area contributed by atoms with Gasteiger partial charge in [0.15, 0.2) is 0 Å². The van der Waals surface area contributed by atoms with Crippen molar-refractivity contribution in [1.29, 1.82) is 0 Å². The fourth-order valence-electron chi connectivity index (χ4n) is 3.45. The summed E-state index contributed by atoms with van der Waals surface area (Å²) in [4.78, 5) is 26.4. The summed E-state index contributed by atoms with van der Waals surface area (Å²) in [6.45, 7) is 9.22. The molecule has 1 atom stereocenters. The van der Waals surface area contributed by atoms with Crippen LogP contribution in [0.4, 0.5) is 0 Å². The van der Waals surface area contributed by atoms with Crippen LogP contribution in [-0.2, 0) is 9.59 Å². The summed E-state index contributed by atoms with van der Waals surface area (Å²) in [6, 6.07) is -0.393. The molecular weight excluding hydrogens is 252 g/mol. The maximum Gasteiger partial charge on any atom is 0.246 e. The van der Waals surface area contributed by atoms with Gasteiger partial charge in [-0.3, -0.25) is 9.59 Å². The highest BCUT2D eigenvalue weighted by Gasteiger charge is 2.42. The standard InChI is InChI=1S/C16H28N2O2/c1-15(2,3)13-14(20)18(10-12(19)17-13)11-16(4)8-6-5-7-9-16/h13H,5-11H2,1-4H3,(H,17,19). The average molecular weight is 280 g/mol. The maximum absolute atomic E-state index is 12.6. The fourth-order valence-corrected chi connectivity index (χ4v) is 3.45. The number of nitrogens with zero attached hydrogens (tertiary/aromatic N) is 1. The molecule has 0 aromatic heterocycles. The molecule has 2 fully saturated rings. The summed E-state index contributed by atoms with van der Waals surface area (Å²) in [5, 5.41) is 2.86. The number of hydrogen-bond donors (Lipinski definition) is 1. The van der Waals surface area contributed by atoms with Crippen LogP contribution in [0.1, 0.15) is 59.8 Å². The Morgan fingerprint density at radius 1 is 1.20 bits per heavy atom. The van der Waals surface area contributed by atoms with Gasteiger partial charge in [0.25, 0.3) is 0 Å². The van der Waals surface area contributed by atoms with Gasteiger partial charge in [-0.1, -0.05) is 47.0 Å². The van der Waals surface area contributed by atoms with Gasteiger partial charge in [-0.25, -0.2) is 0 Å². The van der Waals surface area contributed by atoms with Crippen molar-refractivity contribution in [3.63, 3.8) is 0 Å². The first-order chi connectivity index (χ1) is 9.21. The Morgan fingerprint density at radius 3 is 2.35 bits per heavy atom. The molecule has 0 radical (unpaired) electrons. The lowest BCUT2D eigenvalue weighted by Crippen LogP contribution is -2.63. The maximum atomic E-state index is 12.6. The van der Waals surface area contributed by atoms with Crippen molar-refractivity contribution < 1.29 is 9.59 Å². The van der Waals surface area contributed by atoms with Gasteiger partial charge in [0.05, 0.1) is 6.54 Å². The average Bonchev–Trinajstić information content (AvgIpc) is 2.32. The molecule has 1 heterocycles. The SMILES string of the molecule is CC1(CN2CC(=O)NC(C(C)(C)C)C2=O)CCCCC1. The van der Waals surface area contributed by atoms with Gasteiger partial charge in [-0.15, -0.1) is 0 Å². The minimum Gasteiger partial charge on any atom is -0.342 e. The van der Waals surface area contributed by atoms with Gasteiger partial charge in [0, 0.05) is 6.54 Å². The van der Waals surface area contributed by atoms with Crippen LogP contribution in [0.3, 0.4) is 0 Å². The molecule has 2 aliphatic rings. The van der Waals surface area contributed by atoms with Crippen LogP contribution in [0.15, 0.2) is 0 Å². The van der Waals surface area contributed by atoms with Crippen molar-refractivity contribution in [1.82, 2.24) is 10.2 Å². The highest BCUT2D eigenvalue weighted by molar-refractivity contribution is 5.95. The molecule has 0 aromatic rings. The summed E-state index contributed by atoms with van der Waals surface area (Å²) < 4.78 is 0. The number of rotatable bonds is 2. The van der Waals surface area contributed by atoms with Crippen LogP contribution in [0.2, 0.25) is 0 Å². The lowest BCUT2D eigenvalue weighted by Gasteiger charge is -2.43. The Kier molecular flexibility index (Phi) is 4.12. The summed E-state index contributed by atoms with van der Waals surface area (Å²) in [6.07, 6.45) is 6.12. The molecule has 20 heavy (non-hydrogen) atoms. The first-order valence-corrected chi connectivity index (χ1v) is 7.79. The molecule has 0 bridgehead atoms. The third-order valence-electron chi connectivity index (χ3n) is 4.70. The number of hydrogen-bond acceptors (Lipinski definition) is 2. The Labute approximate surface area is 122 Å². The first kappa shape index (κ1) is 15.3. The molecule has 114 valence electrons. The van der Waals surface area contributed by atoms with Crippen LogP contribution in [0.5, 0.6) is 0 Å². The van der Waals surface area contributed by atoms with Crippen molar-refractivity contribution in [3.8, 4) is 0 Å². The number of carbonyl (C=O) groups is 2. The molecule has 0 aromatic carbocycles. The van der Waals surface area contributed by atoms with Crippen molar-refractivity contribution in [2.24, 2.45) is 10.8 Å². The van der Waals surface area contributed by atoms with E-state index >= 15 is 0 Å². The van der Waals surface area contributed by atoms with E-state index in [1.807, 2.05) is 20.8 Å². The largest absolute Gasteiger partial charge is 0.342 e. The van der Waals surface area contributed by atoms with Crippen molar-refractivity contribution in [3.05, 3.63) is 0 Å². The zero-order valence-electron chi connectivity index (χ0n) is 13.3. The van der Waals surface area contributed by atoms with E-state index in [1.54, 1.807) is 4.90 Å². The minimum absolute atomic E-state index is 0.0241. The van der Waals surface area contributed by atoms with E-state index in [0.29, 0.717) is 0 Å². The molecular formula is C16H28N2O2. The molecule has 2 rings (SSSR count). The monoisotopic (exact) mass is 280 g/mol. The van der Waals surface area contributed by atoms with Crippen LogP contribution in [0, 0.1) is 10.8 Å². The topological polar surface area (TPSA) is 49.4 Å². The minimum atomic E-state index is -0.393. The first-order valence-electron chi connectivity index (χ1n) is 7.79. The number of nitrogens with one attached hydrogen (secondary N) is 1. The van der Waals surface area contributed by atoms with E-state index < -0.39 is 6.04 Å². The van der Waals surface area contributed by atoms with Crippen molar-refractivity contribution in [2.45, 2.75) is 65.8 Å². The molecule has 1 aliphatic heterocycles.